The van der Waals surface area contributed by atoms with Crippen LogP contribution in [0.15, 0.2) is 53.5 Å². The predicted octanol–water partition coefficient (Wildman–Crippen LogP) is 1.70. The van der Waals surface area contributed by atoms with Crippen molar-refractivity contribution in [3.8, 4) is 5.82 Å². The molecule has 0 atom stereocenters. The van der Waals surface area contributed by atoms with Gasteiger partial charge in [-0.3, -0.25) is 14.7 Å². The quantitative estimate of drug-likeness (QED) is 0.640. The second kappa shape index (κ2) is 5.80. The highest BCUT2D eigenvalue weighted by Gasteiger charge is 2.08. The monoisotopic (exact) mass is 309 g/mol. The minimum absolute atomic E-state index is 0.188. The number of pyridine rings is 1. The maximum atomic E-state index is 12.1. The third kappa shape index (κ3) is 3.13. The molecule has 4 N–H and O–H groups in total. The first-order valence-corrected chi connectivity index (χ1v) is 6.95. The van der Waals surface area contributed by atoms with Crippen molar-refractivity contribution < 1.29 is 4.79 Å². The third-order valence-corrected chi connectivity index (χ3v) is 3.23. The zero-order valence-electron chi connectivity index (χ0n) is 12.4. The molecule has 0 aliphatic heterocycles. The molecule has 0 radical (unpaired) electrons. The van der Waals surface area contributed by atoms with Crippen molar-refractivity contribution in [3.05, 3.63) is 70.3 Å². The summed E-state index contributed by atoms with van der Waals surface area (Å²) in [6, 6.07) is 11.5. The summed E-state index contributed by atoms with van der Waals surface area (Å²) in [5.74, 6) is 0.171. The van der Waals surface area contributed by atoms with E-state index in [0.29, 0.717) is 22.8 Å². The molecular formula is C16H15N5O2. The van der Waals surface area contributed by atoms with E-state index in [1.165, 1.54) is 16.9 Å². The standard InChI is InChI=1S/C16H15N5O2/c1-10-7-15(22)21(20-10)14-6-5-13(9-18-14)19-16(23)11-3-2-4-12(17)8-11/h2-9,20H,17H2,1H3,(H,19,23). The smallest absolute Gasteiger partial charge is 0.272 e. The van der Waals surface area contributed by atoms with Crippen LogP contribution in [0.3, 0.4) is 0 Å². The Morgan fingerprint density at radius 1 is 1.26 bits per heavy atom. The fraction of sp³-hybridized carbons (Fsp3) is 0.0625. The molecule has 0 saturated heterocycles. The number of anilines is 2. The number of H-pyrrole nitrogens is 1. The molecule has 116 valence electrons. The van der Waals surface area contributed by atoms with Crippen molar-refractivity contribution in [1.29, 1.82) is 0 Å². The number of hydrogen-bond acceptors (Lipinski definition) is 4. The van der Waals surface area contributed by atoms with Crippen molar-refractivity contribution in [1.82, 2.24) is 14.8 Å². The van der Waals surface area contributed by atoms with Gasteiger partial charge in [0.05, 0.1) is 11.9 Å². The van der Waals surface area contributed by atoms with Crippen molar-refractivity contribution >= 4 is 17.3 Å². The Bertz CT molecular complexity index is 909. The molecule has 0 fully saturated rings. The van der Waals surface area contributed by atoms with Gasteiger partial charge < -0.3 is 11.1 Å². The molecule has 0 bridgehead atoms. The number of amides is 1. The Kier molecular flexibility index (Phi) is 3.68. The van der Waals surface area contributed by atoms with Crippen LogP contribution in [0.2, 0.25) is 0 Å². The molecule has 1 amide bonds. The van der Waals surface area contributed by atoms with Crippen LogP contribution >= 0.6 is 0 Å². The van der Waals surface area contributed by atoms with Crippen molar-refractivity contribution in [2.75, 3.05) is 11.1 Å². The Morgan fingerprint density at radius 3 is 2.70 bits per heavy atom. The van der Waals surface area contributed by atoms with Gasteiger partial charge in [-0.25, -0.2) is 9.67 Å². The largest absolute Gasteiger partial charge is 0.399 e. The average molecular weight is 309 g/mol. The fourth-order valence-electron chi connectivity index (χ4n) is 2.16. The molecule has 7 nitrogen and oxygen atoms in total. The Labute approximate surface area is 131 Å². The number of rotatable bonds is 3. The van der Waals surface area contributed by atoms with Crippen LogP contribution < -0.4 is 16.6 Å². The number of aryl methyl sites for hydroxylation is 1. The van der Waals surface area contributed by atoms with Gasteiger partial charge in [-0.2, -0.15) is 0 Å². The highest BCUT2D eigenvalue weighted by atomic mass is 16.1. The van der Waals surface area contributed by atoms with Gasteiger partial charge in [0.1, 0.15) is 0 Å². The SMILES string of the molecule is Cc1cc(=O)n(-c2ccc(NC(=O)c3cccc(N)c3)cn2)[nH]1. The van der Waals surface area contributed by atoms with Crippen LogP contribution in [0, 0.1) is 6.92 Å². The zero-order valence-corrected chi connectivity index (χ0v) is 12.4. The number of hydrogen-bond donors (Lipinski definition) is 3. The van der Waals surface area contributed by atoms with E-state index in [2.05, 4.69) is 15.4 Å². The first-order valence-electron chi connectivity index (χ1n) is 6.95. The molecular weight excluding hydrogens is 294 g/mol. The van der Waals surface area contributed by atoms with E-state index in [9.17, 15) is 9.59 Å². The number of benzene rings is 1. The lowest BCUT2D eigenvalue weighted by Gasteiger charge is -2.07. The highest BCUT2D eigenvalue weighted by Crippen LogP contribution is 2.12. The molecule has 2 heterocycles. The second-order valence-corrected chi connectivity index (χ2v) is 5.10. The number of carbonyl (C=O) groups is 1. The van der Waals surface area contributed by atoms with E-state index in [4.69, 9.17) is 5.73 Å². The minimum atomic E-state index is -0.278. The number of nitrogens with two attached hydrogens (primary N) is 1. The molecule has 3 rings (SSSR count). The van der Waals surface area contributed by atoms with Gasteiger partial charge in [-0.05, 0) is 37.3 Å². The summed E-state index contributed by atoms with van der Waals surface area (Å²) in [6.45, 7) is 1.79. The van der Waals surface area contributed by atoms with Gasteiger partial charge >= 0.3 is 0 Å². The van der Waals surface area contributed by atoms with Crippen molar-refractivity contribution in [3.63, 3.8) is 0 Å². The van der Waals surface area contributed by atoms with Crippen LogP contribution in [0.5, 0.6) is 0 Å². The van der Waals surface area contributed by atoms with Gasteiger partial charge in [-0.1, -0.05) is 6.07 Å². The molecule has 0 saturated carbocycles. The van der Waals surface area contributed by atoms with Crippen LogP contribution in [0.25, 0.3) is 5.82 Å². The van der Waals surface area contributed by atoms with E-state index in [1.807, 2.05) is 0 Å². The molecule has 0 aliphatic carbocycles. The van der Waals surface area contributed by atoms with Gasteiger partial charge in [0, 0.05) is 23.0 Å². The molecule has 1 aromatic carbocycles. The van der Waals surface area contributed by atoms with Gasteiger partial charge in [0.2, 0.25) is 0 Å². The lowest BCUT2D eigenvalue weighted by molar-refractivity contribution is 0.102. The molecule has 7 heteroatoms. The maximum Gasteiger partial charge on any atom is 0.272 e. The van der Waals surface area contributed by atoms with Crippen molar-refractivity contribution in [2.45, 2.75) is 6.92 Å². The summed E-state index contributed by atoms with van der Waals surface area (Å²) in [7, 11) is 0. The predicted molar refractivity (Wildman–Crippen MR) is 87.7 cm³/mol. The van der Waals surface area contributed by atoms with Crippen LogP contribution in [-0.4, -0.2) is 20.7 Å². The first-order chi connectivity index (χ1) is 11.0. The first kappa shape index (κ1) is 14.6. The summed E-state index contributed by atoms with van der Waals surface area (Å²) in [5, 5.41) is 5.62. The van der Waals surface area contributed by atoms with Gasteiger partial charge in [-0.15, -0.1) is 0 Å². The van der Waals surface area contributed by atoms with E-state index < -0.39 is 0 Å². The van der Waals surface area contributed by atoms with Gasteiger partial charge in [0.15, 0.2) is 5.82 Å². The summed E-state index contributed by atoms with van der Waals surface area (Å²) < 4.78 is 1.33. The molecule has 2 aromatic heterocycles. The Hall–Kier alpha value is -3.35. The molecule has 0 unspecified atom stereocenters. The third-order valence-electron chi connectivity index (χ3n) is 3.23. The second-order valence-electron chi connectivity index (χ2n) is 5.10. The average Bonchev–Trinajstić information content (AvgIpc) is 2.86. The number of nitrogens with zero attached hydrogens (tertiary/aromatic N) is 2. The lowest BCUT2D eigenvalue weighted by Crippen LogP contribution is -2.16. The van der Waals surface area contributed by atoms with Gasteiger partial charge in [0.25, 0.3) is 11.5 Å². The maximum absolute atomic E-state index is 12.1. The van der Waals surface area contributed by atoms with Crippen LogP contribution in [0.4, 0.5) is 11.4 Å². The topological polar surface area (TPSA) is 106 Å². The van der Waals surface area contributed by atoms with E-state index in [-0.39, 0.29) is 11.5 Å². The number of nitrogen functional groups attached to an aromatic ring is 1. The highest BCUT2D eigenvalue weighted by molar-refractivity contribution is 6.04. The molecule has 0 spiro atoms. The number of aromatic amines is 1. The summed E-state index contributed by atoms with van der Waals surface area (Å²) in [5.41, 5.74) is 7.73. The molecule has 0 aliphatic rings. The fourth-order valence-corrected chi connectivity index (χ4v) is 2.16. The number of aromatic nitrogens is 3. The number of nitrogens with one attached hydrogen (secondary N) is 2. The minimum Gasteiger partial charge on any atom is -0.399 e. The van der Waals surface area contributed by atoms with Crippen LogP contribution in [-0.2, 0) is 0 Å². The normalized spacial score (nSPS) is 10.5. The summed E-state index contributed by atoms with van der Waals surface area (Å²) in [6.07, 6.45) is 1.49. The summed E-state index contributed by atoms with van der Waals surface area (Å²) >= 11 is 0. The Balaban J connectivity index is 1.79. The lowest BCUT2D eigenvalue weighted by atomic mass is 10.2. The van der Waals surface area contributed by atoms with E-state index in [0.717, 1.165) is 5.69 Å². The summed E-state index contributed by atoms with van der Waals surface area (Å²) in [4.78, 5) is 28.0. The van der Waals surface area contributed by atoms with E-state index in [1.54, 1.807) is 43.3 Å². The Morgan fingerprint density at radius 2 is 2.09 bits per heavy atom. The number of carbonyl (C=O) groups excluding carboxylic acids is 1. The zero-order chi connectivity index (χ0) is 16.4. The van der Waals surface area contributed by atoms with Crippen LogP contribution in [0.1, 0.15) is 16.1 Å². The molecule has 23 heavy (non-hydrogen) atoms. The molecule has 3 aromatic rings. The van der Waals surface area contributed by atoms with E-state index >= 15 is 0 Å². The van der Waals surface area contributed by atoms with Crippen molar-refractivity contribution in [2.24, 2.45) is 0 Å².